The maximum absolute atomic E-state index is 12.9. The quantitative estimate of drug-likeness (QED) is 0.332. The Morgan fingerprint density at radius 2 is 2.15 bits per heavy atom. The molecule has 144 valence electrons. The van der Waals surface area contributed by atoms with Crippen LogP contribution >= 0.6 is 0 Å². The summed E-state index contributed by atoms with van der Waals surface area (Å²) in [6, 6.07) is 4.81. The van der Waals surface area contributed by atoms with Crippen LogP contribution in [0.4, 0.5) is 11.4 Å². The van der Waals surface area contributed by atoms with Crippen LogP contribution in [0.1, 0.15) is 26.2 Å². The van der Waals surface area contributed by atoms with Crippen molar-refractivity contribution in [1.29, 1.82) is 0 Å². The average molecular weight is 375 g/mol. The Labute approximate surface area is 156 Å². The number of carbonyl (C=O) groups is 3. The molecule has 0 aliphatic carbocycles. The standard InChI is InChI=1S/C18H21N3O6/c1-2-27-18(24)12-5-4-8-19(11-12)15-10-16(22)20(17(15)23)13-6-3-7-14(9-13)21(25)26/h3,6-7,9,12,15H,2,4-5,8,10-11H2,1H3/t12-,15-/m1/s1. The summed E-state index contributed by atoms with van der Waals surface area (Å²) in [6.45, 7) is 3.03. The molecule has 0 bridgehead atoms. The molecule has 2 fully saturated rings. The van der Waals surface area contributed by atoms with Crippen molar-refractivity contribution in [2.75, 3.05) is 24.6 Å². The molecule has 2 atom stereocenters. The number of imide groups is 1. The molecule has 27 heavy (non-hydrogen) atoms. The molecule has 2 saturated heterocycles. The predicted molar refractivity (Wildman–Crippen MR) is 94.9 cm³/mol. The van der Waals surface area contributed by atoms with Gasteiger partial charge in [-0.05, 0) is 32.4 Å². The van der Waals surface area contributed by atoms with Crippen LogP contribution in [0.15, 0.2) is 24.3 Å². The van der Waals surface area contributed by atoms with Gasteiger partial charge in [0.1, 0.15) is 0 Å². The van der Waals surface area contributed by atoms with E-state index in [9.17, 15) is 24.5 Å². The van der Waals surface area contributed by atoms with Gasteiger partial charge in [-0.15, -0.1) is 0 Å². The summed E-state index contributed by atoms with van der Waals surface area (Å²) in [5, 5.41) is 11.0. The van der Waals surface area contributed by atoms with Crippen LogP contribution in [0.25, 0.3) is 0 Å². The van der Waals surface area contributed by atoms with E-state index in [2.05, 4.69) is 0 Å². The van der Waals surface area contributed by atoms with Gasteiger partial charge < -0.3 is 4.74 Å². The highest BCUT2D eigenvalue weighted by atomic mass is 16.6. The Bertz CT molecular complexity index is 780. The van der Waals surface area contributed by atoms with Crippen molar-refractivity contribution < 1.29 is 24.0 Å². The normalized spacial score (nSPS) is 23.5. The third-order valence-electron chi connectivity index (χ3n) is 4.94. The highest BCUT2D eigenvalue weighted by Gasteiger charge is 2.44. The first kappa shape index (κ1) is 19.0. The minimum absolute atomic E-state index is 0.00291. The molecule has 0 unspecified atom stereocenters. The van der Waals surface area contributed by atoms with Crippen LogP contribution in [-0.4, -0.2) is 53.3 Å². The summed E-state index contributed by atoms with van der Waals surface area (Å²) in [5.41, 5.74) is 0.0116. The molecular formula is C18H21N3O6. The largest absolute Gasteiger partial charge is 0.466 e. The van der Waals surface area contributed by atoms with Crippen LogP contribution < -0.4 is 4.90 Å². The maximum atomic E-state index is 12.9. The second-order valence-corrected chi connectivity index (χ2v) is 6.65. The molecule has 1 aromatic carbocycles. The number of anilines is 1. The fourth-order valence-electron chi connectivity index (χ4n) is 3.66. The molecule has 9 heteroatoms. The lowest BCUT2D eigenvalue weighted by Gasteiger charge is -2.34. The monoisotopic (exact) mass is 375 g/mol. The number of benzene rings is 1. The van der Waals surface area contributed by atoms with Crippen molar-refractivity contribution in [2.45, 2.75) is 32.2 Å². The Hall–Kier alpha value is -2.81. The lowest BCUT2D eigenvalue weighted by Crippen LogP contribution is -2.48. The number of amides is 2. The van der Waals surface area contributed by atoms with Crippen molar-refractivity contribution >= 4 is 29.2 Å². The van der Waals surface area contributed by atoms with Crippen molar-refractivity contribution in [1.82, 2.24) is 4.90 Å². The van der Waals surface area contributed by atoms with E-state index in [1.165, 1.54) is 24.3 Å². The van der Waals surface area contributed by atoms with Crippen molar-refractivity contribution in [3.8, 4) is 0 Å². The van der Waals surface area contributed by atoms with Crippen molar-refractivity contribution in [3.63, 3.8) is 0 Å². The van der Waals surface area contributed by atoms with Gasteiger partial charge in [-0.3, -0.25) is 29.4 Å². The van der Waals surface area contributed by atoms with Crippen LogP contribution in [0, 0.1) is 16.0 Å². The SMILES string of the molecule is CCOC(=O)[C@@H]1CCCN([C@@H]2CC(=O)N(c3cccc([N+](=O)[O-])c3)C2=O)C1. The Morgan fingerprint density at radius 3 is 2.85 bits per heavy atom. The Kier molecular flexibility index (Phi) is 5.50. The number of esters is 1. The maximum Gasteiger partial charge on any atom is 0.310 e. The van der Waals surface area contributed by atoms with Crippen molar-refractivity contribution in [2.24, 2.45) is 5.92 Å². The zero-order valence-corrected chi connectivity index (χ0v) is 15.0. The number of nitro benzene ring substituents is 1. The van der Waals surface area contributed by atoms with E-state index < -0.39 is 22.8 Å². The van der Waals surface area contributed by atoms with E-state index >= 15 is 0 Å². The summed E-state index contributed by atoms with van der Waals surface area (Å²) in [6.07, 6.45) is 1.42. The topological polar surface area (TPSA) is 110 Å². The molecule has 2 aliphatic heterocycles. The van der Waals surface area contributed by atoms with E-state index in [-0.39, 0.29) is 29.7 Å². The predicted octanol–water partition coefficient (Wildman–Crippen LogP) is 1.50. The Balaban J connectivity index is 1.77. The number of rotatable bonds is 5. The number of hydrogen-bond acceptors (Lipinski definition) is 7. The number of carbonyl (C=O) groups excluding carboxylic acids is 3. The van der Waals surface area contributed by atoms with E-state index in [0.717, 1.165) is 11.3 Å². The summed E-state index contributed by atoms with van der Waals surface area (Å²) in [4.78, 5) is 50.6. The first-order chi connectivity index (χ1) is 12.9. The lowest BCUT2D eigenvalue weighted by atomic mass is 9.96. The van der Waals surface area contributed by atoms with Gasteiger partial charge in [-0.25, -0.2) is 4.90 Å². The molecule has 0 spiro atoms. The van der Waals surface area contributed by atoms with E-state index in [1.807, 2.05) is 4.90 Å². The molecule has 0 N–H and O–H groups in total. The zero-order valence-electron chi connectivity index (χ0n) is 15.0. The van der Waals surface area contributed by atoms with Crippen LogP contribution in [0.3, 0.4) is 0 Å². The molecule has 2 amide bonds. The van der Waals surface area contributed by atoms with Gasteiger partial charge in [0.05, 0.1) is 35.6 Å². The fourth-order valence-corrected chi connectivity index (χ4v) is 3.66. The fraction of sp³-hybridized carbons (Fsp3) is 0.500. The first-order valence-electron chi connectivity index (χ1n) is 8.94. The van der Waals surface area contributed by atoms with Gasteiger partial charge in [-0.1, -0.05) is 6.07 Å². The molecule has 0 saturated carbocycles. The number of hydrogen-bond donors (Lipinski definition) is 0. The average Bonchev–Trinajstić information content (AvgIpc) is 2.96. The molecule has 0 radical (unpaired) electrons. The Morgan fingerprint density at radius 1 is 1.37 bits per heavy atom. The third-order valence-corrected chi connectivity index (χ3v) is 4.94. The lowest BCUT2D eigenvalue weighted by molar-refractivity contribution is -0.384. The molecular weight excluding hydrogens is 354 g/mol. The number of nitro groups is 1. The minimum atomic E-state index is -0.658. The van der Waals surface area contributed by atoms with Crippen LogP contribution in [0.2, 0.25) is 0 Å². The van der Waals surface area contributed by atoms with Gasteiger partial charge in [0.25, 0.3) is 11.6 Å². The summed E-state index contributed by atoms with van der Waals surface area (Å²) in [5.74, 6) is -1.41. The summed E-state index contributed by atoms with van der Waals surface area (Å²) >= 11 is 0. The van der Waals surface area contributed by atoms with Gasteiger partial charge in [0.2, 0.25) is 5.91 Å². The number of non-ortho nitro benzene ring substituents is 1. The van der Waals surface area contributed by atoms with E-state index in [4.69, 9.17) is 4.74 Å². The highest BCUT2D eigenvalue weighted by Crippen LogP contribution is 2.30. The number of likely N-dealkylation sites (tertiary alicyclic amines) is 1. The van der Waals surface area contributed by atoms with Crippen molar-refractivity contribution in [3.05, 3.63) is 34.4 Å². The van der Waals surface area contributed by atoms with Gasteiger partial charge in [-0.2, -0.15) is 0 Å². The molecule has 0 aromatic heterocycles. The van der Waals surface area contributed by atoms with Crippen LogP contribution in [0.5, 0.6) is 0 Å². The second-order valence-electron chi connectivity index (χ2n) is 6.65. The molecule has 1 aromatic rings. The number of ether oxygens (including phenoxy) is 1. The zero-order chi connectivity index (χ0) is 19.6. The smallest absolute Gasteiger partial charge is 0.310 e. The van der Waals surface area contributed by atoms with Gasteiger partial charge in [0.15, 0.2) is 0 Å². The first-order valence-corrected chi connectivity index (χ1v) is 8.94. The van der Waals surface area contributed by atoms with E-state index in [0.29, 0.717) is 26.1 Å². The van der Waals surface area contributed by atoms with E-state index in [1.54, 1.807) is 6.92 Å². The van der Waals surface area contributed by atoms with Crippen LogP contribution in [-0.2, 0) is 19.1 Å². The third kappa shape index (κ3) is 3.82. The number of piperidine rings is 1. The number of nitrogens with zero attached hydrogens (tertiary/aromatic N) is 3. The second kappa shape index (κ2) is 7.83. The highest BCUT2D eigenvalue weighted by molar-refractivity contribution is 6.22. The molecule has 3 rings (SSSR count). The van der Waals surface area contributed by atoms with Gasteiger partial charge in [0, 0.05) is 18.7 Å². The van der Waals surface area contributed by atoms with Gasteiger partial charge >= 0.3 is 5.97 Å². The summed E-state index contributed by atoms with van der Waals surface area (Å²) in [7, 11) is 0. The molecule has 2 heterocycles. The molecule has 2 aliphatic rings. The molecule has 9 nitrogen and oxygen atoms in total. The minimum Gasteiger partial charge on any atom is -0.466 e. The summed E-state index contributed by atoms with van der Waals surface area (Å²) < 4.78 is 5.07.